The number of hydrogen-bond acceptors (Lipinski definition) is 3. The maximum absolute atomic E-state index is 5.33. The molecule has 4 heteroatoms. The molecule has 1 aromatic rings. The second-order valence-electron chi connectivity index (χ2n) is 4.66. The van der Waals surface area contributed by atoms with Crippen molar-refractivity contribution < 1.29 is 0 Å². The summed E-state index contributed by atoms with van der Waals surface area (Å²) in [7, 11) is 0. The van der Waals surface area contributed by atoms with Gasteiger partial charge in [0.25, 0.3) is 0 Å². The summed E-state index contributed by atoms with van der Waals surface area (Å²) in [5.41, 5.74) is 2.38. The topological polar surface area (TPSA) is 28.7 Å². The Balaban J connectivity index is 2.03. The van der Waals surface area contributed by atoms with Crippen molar-refractivity contribution in [2.24, 2.45) is 0 Å². The van der Waals surface area contributed by atoms with E-state index in [4.69, 9.17) is 12.2 Å². The Morgan fingerprint density at radius 2 is 2.12 bits per heavy atom. The van der Waals surface area contributed by atoms with Crippen LogP contribution in [0, 0.1) is 11.6 Å². The lowest BCUT2D eigenvalue weighted by molar-refractivity contribution is 0.886. The van der Waals surface area contributed by atoms with Crippen LogP contribution in [0.2, 0.25) is 0 Å². The van der Waals surface area contributed by atoms with Crippen molar-refractivity contribution in [2.45, 2.75) is 57.0 Å². The fourth-order valence-corrected chi connectivity index (χ4v) is 4.01. The van der Waals surface area contributed by atoms with E-state index in [2.05, 4.69) is 23.8 Å². The number of rotatable bonds is 4. The fourth-order valence-electron chi connectivity index (χ4n) is 2.41. The van der Waals surface area contributed by atoms with Gasteiger partial charge < -0.3 is 4.98 Å². The summed E-state index contributed by atoms with van der Waals surface area (Å²) in [5, 5.41) is 0.838. The Morgan fingerprint density at radius 1 is 1.41 bits per heavy atom. The van der Waals surface area contributed by atoms with Gasteiger partial charge in [0.05, 0.1) is 5.75 Å². The monoisotopic (exact) mass is 268 g/mol. The summed E-state index contributed by atoms with van der Waals surface area (Å²) >= 11 is 7.36. The zero-order valence-electron chi connectivity index (χ0n) is 10.6. The molecule has 1 aliphatic rings. The molecule has 1 saturated carbocycles. The third kappa shape index (κ3) is 3.32. The molecular formula is C13H20N2S2. The first kappa shape index (κ1) is 13.1. The largest absolute Gasteiger partial charge is 0.346 e. The predicted molar refractivity (Wildman–Crippen MR) is 77.1 cm³/mol. The lowest BCUT2D eigenvalue weighted by atomic mass is 10.2. The van der Waals surface area contributed by atoms with Crippen LogP contribution in [-0.2, 0) is 12.2 Å². The molecule has 94 valence electrons. The lowest BCUT2D eigenvalue weighted by Gasteiger charge is -2.10. The number of hydrogen-bond donors (Lipinski definition) is 1. The first-order valence-electron chi connectivity index (χ1n) is 6.41. The Bertz CT molecular complexity index is 434. The van der Waals surface area contributed by atoms with Crippen LogP contribution in [0.1, 0.15) is 49.7 Å². The van der Waals surface area contributed by atoms with E-state index in [0.29, 0.717) is 0 Å². The highest BCUT2D eigenvalue weighted by Crippen LogP contribution is 2.31. The van der Waals surface area contributed by atoms with E-state index in [1.165, 1.54) is 36.9 Å². The number of H-pyrrole nitrogens is 1. The third-order valence-corrected chi connectivity index (χ3v) is 5.11. The highest BCUT2D eigenvalue weighted by Gasteiger charge is 2.15. The molecule has 1 fully saturated rings. The van der Waals surface area contributed by atoms with Gasteiger partial charge in [0.2, 0.25) is 0 Å². The Morgan fingerprint density at radius 3 is 2.71 bits per heavy atom. The SMILES string of the molecule is CCc1c(C)[nH]c(CSC2CCCC2)nc1=S. The molecule has 1 aromatic heterocycles. The van der Waals surface area contributed by atoms with Gasteiger partial charge in [-0.1, -0.05) is 32.0 Å². The summed E-state index contributed by atoms with van der Waals surface area (Å²) in [5.74, 6) is 2.01. The van der Waals surface area contributed by atoms with E-state index in [-0.39, 0.29) is 0 Å². The first-order valence-corrected chi connectivity index (χ1v) is 7.86. The van der Waals surface area contributed by atoms with Gasteiger partial charge in [0.15, 0.2) is 0 Å². The highest BCUT2D eigenvalue weighted by atomic mass is 32.2. The van der Waals surface area contributed by atoms with E-state index in [1.807, 2.05) is 11.8 Å². The van der Waals surface area contributed by atoms with Crippen LogP contribution in [-0.4, -0.2) is 15.2 Å². The standard InChI is InChI=1S/C13H20N2S2/c1-3-11-9(2)14-12(15-13(11)16)8-17-10-6-4-5-7-10/h10H,3-8H2,1-2H3,(H,14,15,16). The van der Waals surface area contributed by atoms with Crippen LogP contribution in [0.25, 0.3) is 0 Å². The summed E-state index contributed by atoms with van der Waals surface area (Å²) in [6.07, 6.45) is 6.50. The molecule has 0 bridgehead atoms. The molecular weight excluding hydrogens is 248 g/mol. The maximum atomic E-state index is 5.33. The van der Waals surface area contributed by atoms with Gasteiger partial charge in [-0.25, -0.2) is 4.98 Å². The number of thioether (sulfide) groups is 1. The smallest absolute Gasteiger partial charge is 0.133 e. The summed E-state index contributed by atoms with van der Waals surface area (Å²) in [6.45, 7) is 4.22. The average Bonchev–Trinajstić information content (AvgIpc) is 2.79. The first-order chi connectivity index (χ1) is 8.20. The Labute approximate surface area is 113 Å². The van der Waals surface area contributed by atoms with Gasteiger partial charge in [-0.3, -0.25) is 0 Å². The van der Waals surface area contributed by atoms with Crippen molar-refractivity contribution in [1.29, 1.82) is 0 Å². The quantitative estimate of drug-likeness (QED) is 0.830. The van der Waals surface area contributed by atoms with Crippen LogP contribution in [0.4, 0.5) is 0 Å². The van der Waals surface area contributed by atoms with Crippen molar-refractivity contribution in [3.05, 3.63) is 21.7 Å². The molecule has 2 rings (SSSR count). The van der Waals surface area contributed by atoms with E-state index in [9.17, 15) is 0 Å². The predicted octanol–water partition coefficient (Wildman–Crippen LogP) is 4.19. The van der Waals surface area contributed by atoms with Crippen molar-refractivity contribution >= 4 is 24.0 Å². The van der Waals surface area contributed by atoms with Crippen LogP contribution < -0.4 is 0 Å². The van der Waals surface area contributed by atoms with Crippen LogP contribution in [0.3, 0.4) is 0 Å². The number of aromatic nitrogens is 2. The molecule has 1 heterocycles. The van der Waals surface area contributed by atoms with Gasteiger partial charge in [0, 0.05) is 16.5 Å². The molecule has 0 radical (unpaired) electrons. The van der Waals surface area contributed by atoms with Crippen LogP contribution in [0.15, 0.2) is 0 Å². The summed E-state index contributed by atoms with van der Waals surface area (Å²) < 4.78 is 0.783. The molecule has 0 atom stereocenters. The average molecular weight is 268 g/mol. The minimum absolute atomic E-state index is 0.783. The van der Waals surface area contributed by atoms with Crippen LogP contribution >= 0.6 is 24.0 Å². The third-order valence-electron chi connectivity index (χ3n) is 3.39. The van der Waals surface area contributed by atoms with E-state index in [1.54, 1.807) is 0 Å². The minimum atomic E-state index is 0.783. The Hall–Kier alpha value is -0.350. The Kier molecular flexibility index (Phi) is 4.62. The second kappa shape index (κ2) is 6.01. The molecule has 0 spiro atoms. The lowest BCUT2D eigenvalue weighted by Crippen LogP contribution is -2.03. The molecule has 0 unspecified atom stereocenters. The van der Waals surface area contributed by atoms with Gasteiger partial charge in [-0.15, -0.1) is 0 Å². The molecule has 0 aliphatic heterocycles. The molecule has 0 aromatic carbocycles. The number of aryl methyl sites for hydroxylation is 1. The summed E-state index contributed by atoms with van der Waals surface area (Å²) in [4.78, 5) is 7.90. The molecule has 17 heavy (non-hydrogen) atoms. The molecule has 0 amide bonds. The molecule has 1 N–H and O–H groups in total. The van der Waals surface area contributed by atoms with E-state index >= 15 is 0 Å². The van der Waals surface area contributed by atoms with Crippen molar-refractivity contribution in [3.63, 3.8) is 0 Å². The minimum Gasteiger partial charge on any atom is -0.346 e. The number of nitrogens with one attached hydrogen (secondary N) is 1. The molecule has 0 saturated heterocycles. The van der Waals surface area contributed by atoms with Gasteiger partial charge in [-0.2, -0.15) is 11.8 Å². The maximum Gasteiger partial charge on any atom is 0.133 e. The van der Waals surface area contributed by atoms with Crippen molar-refractivity contribution in [3.8, 4) is 0 Å². The zero-order valence-corrected chi connectivity index (χ0v) is 12.2. The highest BCUT2D eigenvalue weighted by molar-refractivity contribution is 7.99. The van der Waals surface area contributed by atoms with Gasteiger partial charge in [-0.05, 0) is 26.2 Å². The van der Waals surface area contributed by atoms with Gasteiger partial charge >= 0.3 is 0 Å². The summed E-state index contributed by atoms with van der Waals surface area (Å²) in [6, 6.07) is 0. The van der Waals surface area contributed by atoms with E-state index < -0.39 is 0 Å². The molecule has 1 aliphatic carbocycles. The normalized spacial score (nSPS) is 16.6. The molecule has 2 nitrogen and oxygen atoms in total. The van der Waals surface area contributed by atoms with E-state index in [0.717, 1.165) is 27.9 Å². The number of aromatic amines is 1. The van der Waals surface area contributed by atoms with Gasteiger partial charge in [0.1, 0.15) is 10.5 Å². The zero-order chi connectivity index (χ0) is 12.3. The van der Waals surface area contributed by atoms with Crippen LogP contribution in [0.5, 0.6) is 0 Å². The van der Waals surface area contributed by atoms with Crippen molar-refractivity contribution in [2.75, 3.05) is 0 Å². The van der Waals surface area contributed by atoms with Crippen molar-refractivity contribution in [1.82, 2.24) is 9.97 Å². The number of nitrogens with zero attached hydrogens (tertiary/aromatic N) is 1. The fraction of sp³-hybridized carbons (Fsp3) is 0.692. The second-order valence-corrected chi connectivity index (χ2v) is 6.34.